The second kappa shape index (κ2) is 10.2. The summed E-state index contributed by atoms with van der Waals surface area (Å²) in [7, 11) is 0. The van der Waals surface area contributed by atoms with Gasteiger partial charge in [-0.1, -0.05) is 49.4 Å². The molecule has 0 bridgehead atoms. The summed E-state index contributed by atoms with van der Waals surface area (Å²) in [6, 6.07) is 20.2. The third-order valence-corrected chi connectivity index (χ3v) is 6.54. The van der Waals surface area contributed by atoms with E-state index in [-0.39, 0.29) is 18.7 Å². The molecule has 0 saturated carbocycles. The van der Waals surface area contributed by atoms with Crippen molar-refractivity contribution >= 4 is 17.5 Å². The molecule has 1 aliphatic heterocycles. The number of carbonyl (C=O) groups excluding carboxylic acids is 1. The highest BCUT2D eigenvalue weighted by Gasteiger charge is 2.19. The van der Waals surface area contributed by atoms with E-state index in [1.54, 1.807) is 6.92 Å². The van der Waals surface area contributed by atoms with E-state index in [9.17, 15) is 4.79 Å². The van der Waals surface area contributed by atoms with Crippen LogP contribution in [0.2, 0.25) is 0 Å². The van der Waals surface area contributed by atoms with Crippen molar-refractivity contribution in [3.8, 4) is 22.6 Å². The van der Waals surface area contributed by atoms with Crippen molar-refractivity contribution in [3.05, 3.63) is 82.9 Å². The predicted molar refractivity (Wildman–Crippen MR) is 130 cm³/mol. The molecule has 0 aliphatic carbocycles. The van der Waals surface area contributed by atoms with Crippen LogP contribution in [0.25, 0.3) is 11.1 Å². The lowest BCUT2D eigenvalue weighted by atomic mass is 9.93. The molecule has 0 radical (unpaired) electrons. The fourth-order valence-electron chi connectivity index (χ4n) is 3.86. The van der Waals surface area contributed by atoms with Crippen molar-refractivity contribution in [2.24, 2.45) is 0 Å². The molecule has 0 spiro atoms. The number of fused-ring (bicyclic) bond motifs is 1. The van der Waals surface area contributed by atoms with Gasteiger partial charge in [0.1, 0.15) is 0 Å². The Morgan fingerprint density at radius 2 is 1.84 bits per heavy atom. The van der Waals surface area contributed by atoms with Crippen molar-refractivity contribution in [2.45, 2.75) is 33.5 Å². The zero-order valence-corrected chi connectivity index (χ0v) is 19.5. The second-order valence-corrected chi connectivity index (χ2v) is 9.14. The standard InChI is InChI=1S/C27H28O4S/c1-4-32-16-27(21-10-12-25-26(14-21)31-17-30-25)29-15-20-9-11-23(19(3)28)24(13-20)22-8-6-5-7-18(22)2/h5-14,27H,4,15-17H2,1-3H3/t27-/m0/s1. The first-order chi connectivity index (χ1) is 15.6. The van der Waals surface area contributed by atoms with E-state index in [0.29, 0.717) is 6.61 Å². The number of thioether (sulfide) groups is 1. The van der Waals surface area contributed by atoms with Crippen molar-refractivity contribution in [1.82, 2.24) is 0 Å². The highest BCUT2D eigenvalue weighted by atomic mass is 32.2. The second-order valence-electron chi connectivity index (χ2n) is 7.82. The van der Waals surface area contributed by atoms with Crippen LogP contribution in [-0.2, 0) is 11.3 Å². The summed E-state index contributed by atoms with van der Waals surface area (Å²) >= 11 is 1.85. The lowest BCUT2D eigenvalue weighted by molar-refractivity contribution is 0.0557. The van der Waals surface area contributed by atoms with Crippen LogP contribution in [0.4, 0.5) is 0 Å². The molecule has 1 atom stereocenters. The first-order valence-corrected chi connectivity index (χ1v) is 12.0. The summed E-state index contributed by atoms with van der Waals surface area (Å²) < 4.78 is 17.4. The van der Waals surface area contributed by atoms with E-state index in [0.717, 1.165) is 56.4 Å². The minimum absolute atomic E-state index is 0.0632. The van der Waals surface area contributed by atoms with E-state index in [2.05, 4.69) is 32.0 Å². The molecule has 0 aromatic heterocycles. The van der Waals surface area contributed by atoms with E-state index < -0.39 is 0 Å². The Balaban J connectivity index is 1.59. The minimum Gasteiger partial charge on any atom is -0.454 e. The third-order valence-electron chi connectivity index (χ3n) is 5.59. The molecule has 4 rings (SSSR count). The Morgan fingerprint density at radius 1 is 1.03 bits per heavy atom. The number of rotatable bonds is 9. The van der Waals surface area contributed by atoms with Crippen LogP contribution in [0.15, 0.2) is 60.7 Å². The fourth-order valence-corrected chi connectivity index (χ4v) is 4.60. The molecule has 3 aromatic rings. The fraction of sp³-hybridized carbons (Fsp3) is 0.296. The highest BCUT2D eigenvalue weighted by Crippen LogP contribution is 2.36. The van der Waals surface area contributed by atoms with Crippen molar-refractivity contribution in [3.63, 3.8) is 0 Å². The van der Waals surface area contributed by atoms with Gasteiger partial charge >= 0.3 is 0 Å². The smallest absolute Gasteiger partial charge is 0.231 e. The van der Waals surface area contributed by atoms with Crippen molar-refractivity contribution in [2.75, 3.05) is 18.3 Å². The van der Waals surface area contributed by atoms with Gasteiger partial charge in [0.05, 0.1) is 12.7 Å². The number of carbonyl (C=O) groups is 1. The molecule has 1 heterocycles. The van der Waals surface area contributed by atoms with Crippen LogP contribution < -0.4 is 9.47 Å². The topological polar surface area (TPSA) is 44.8 Å². The predicted octanol–water partition coefficient (Wildman–Crippen LogP) is 6.60. The molecule has 0 unspecified atom stereocenters. The van der Waals surface area contributed by atoms with Crippen molar-refractivity contribution < 1.29 is 19.0 Å². The van der Waals surface area contributed by atoms with Gasteiger partial charge in [-0.25, -0.2) is 0 Å². The van der Waals surface area contributed by atoms with Gasteiger partial charge in [0, 0.05) is 11.3 Å². The molecule has 0 saturated heterocycles. The molecule has 32 heavy (non-hydrogen) atoms. The average molecular weight is 449 g/mol. The van der Waals surface area contributed by atoms with Gasteiger partial charge < -0.3 is 14.2 Å². The zero-order valence-electron chi connectivity index (χ0n) is 18.7. The van der Waals surface area contributed by atoms with Gasteiger partial charge in [-0.3, -0.25) is 4.79 Å². The van der Waals surface area contributed by atoms with Crippen LogP contribution >= 0.6 is 11.8 Å². The maximum atomic E-state index is 12.3. The summed E-state index contributed by atoms with van der Waals surface area (Å²) in [6.45, 7) is 6.56. The Hall–Kier alpha value is -2.76. The monoisotopic (exact) mass is 448 g/mol. The first-order valence-electron chi connectivity index (χ1n) is 10.9. The first kappa shape index (κ1) is 22.4. The molecule has 0 amide bonds. The number of aryl methyl sites for hydroxylation is 1. The lowest BCUT2D eigenvalue weighted by Crippen LogP contribution is -2.08. The summed E-state index contributed by atoms with van der Waals surface area (Å²) in [6.07, 6.45) is -0.0659. The molecule has 5 heteroatoms. The van der Waals surface area contributed by atoms with E-state index in [1.165, 1.54) is 0 Å². The maximum Gasteiger partial charge on any atom is 0.231 e. The van der Waals surface area contributed by atoms with Crippen LogP contribution in [0.5, 0.6) is 11.5 Å². The van der Waals surface area contributed by atoms with E-state index in [1.807, 2.05) is 54.2 Å². The van der Waals surface area contributed by atoms with Gasteiger partial charge in [-0.2, -0.15) is 11.8 Å². The molecule has 3 aromatic carbocycles. The van der Waals surface area contributed by atoms with Crippen LogP contribution in [0.1, 0.15) is 47.0 Å². The third kappa shape index (κ3) is 5.00. The molecule has 4 nitrogen and oxygen atoms in total. The SMILES string of the molecule is CCSC[C@H](OCc1ccc(C(C)=O)c(-c2ccccc2C)c1)c1ccc2c(c1)OCO2. The molecule has 166 valence electrons. The molecular weight excluding hydrogens is 420 g/mol. The normalized spacial score (nSPS) is 13.2. The maximum absolute atomic E-state index is 12.3. The minimum atomic E-state index is -0.0659. The van der Waals surface area contributed by atoms with Crippen molar-refractivity contribution in [1.29, 1.82) is 0 Å². The molecule has 0 fully saturated rings. The van der Waals surface area contributed by atoms with Crippen LogP contribution in [-0.4, -0.2) is 24.1 Å². The highest BCUT2D eigenvalue weighted by molar-refractivity contribution is 7.99. The largest absolute Gasteiger partial charge is 0.454 e. The average Bonchev–Trinajstić information content (AvgIpc) is 3.27. The van der Waals surface area contributed by atoms with Crippen LogP contribution in [0, 0.1) is 6.92 Å². The van der Waals surface area contributed by atoms with Gasteiger partial charge in [0.2, 0.25) is 6.79 Å². The number of Topliss-reactive ketones (excluding diaryl/α,β-unsaturated/α-hetero) is 1. The number of hydrogen-bond donors (Lipinski definition) is 0. The van der Waals surface area contributed by atoms with Gasteiger partial charge in [-0.05, 0) is 65.6 Å². The Bertz CT molecular complexity index is 1110. The van der Waals surface area contributed by atoms with Gasteiger partial charge in [0.25, 0.3) is 0 Å². The molecule has 1 aliphatic rings. The van der Waals surface area contributed by atoms with E-state index >= 15 is 0 Å². The quantitative estimate of drug-likeness (QED) is 0.345. The van der Waals surface area contributed by atoms with Gasteiger partial charge in [0.15, 0.2) is 17.3 Å². The molecule has 0 N–H and O–H groups in total. The number of ketones is 1. The summed E-state index contributed by atoms with van der Waals surface area (Å²) in [5, 5.41) is 0. The van der Waals surface area contributed by atoms with E-state index in [4.69, 9.17) is 14.2 Å². The number of benzene rings is 3. The Labute approximate surface area is 193 Å². The summed E-state index contributed by atoms with van der Waals surface area (Å²) in [4.78, 5) is 12.3. The Morgan fingerprint density at radius 3 is 2.62 bits per heavy atom. The Kier molecular flexibility index (Phi) is 7.18. The summed E-state index contributed by atoms with van der Waals surface area (Å²) in [5.41, 5.74) is 6.03. The van der Waals surface area contributed by atoms with Crippen LogP contribution in [0.3, 0.4) is 0 Å². The zero-order chi connectivity index (χ0) is 22.5. The number of ether oxygens (including phenoxy) is 3. The summed E-state index contributed by atoms with van der Waals surface area (Å²) in [5.74, 6) is 3.48. The lowest BCUT2D eigenvalue weighted by Gasteiger charge is -2.19. The molecular formula is C27H28O4S. The van der Waals surface area contributed by atoms with Gasteiger partial charge in [-0.15, -0.1) is 0 Å². The number of hydrogen-bond acceptors (Lipinski definition) is 5.